The van der Waals surface area contributed by atoms with E-state index in [0.717, 1.165) is 57.7 Å². The molecule has 1 aliphatic rings. The molecular formula is C19H18Cl2N4OS. The summed E-state index contributed by atoms with van der Waals surface area (Å²) in [7, 11) is 0. The molecule has 0 spiro atoms. The Labute approximate surface area is 171 Å². The first-order chi connectivity index (χ1) is 13.1. The Kier molecular flexibility index (Phi) is 5.34. The molecule has 2 aromatic heterocycles. The van der Waals surface area contributed by atoms with Gasteiger partial charge in [-0.3, -0.25) is 4.90 Å². The van der Waals surface area contributed by atoms with Crippen molar-refractivity contribution in [1.29, 1.82) is 0 Å². The van der Waals surface area contributed by atoms with Crippen molar-refractivity contribution in [2.45, 2.75) is 6.23 Å². The molecule has 140 valence electrons. The number of aliphatic hydroxyl groups excluding tert-OH is 1. The average molecular weight is 421 g/mol. The maximum Gasteiger partial charge on any atom is 0.139 e. The van der Waals surface area contributed by atoms with Crippen molar-refractivity contribution in [2.24, 2.45) is 0 Å². The minimum absolute atomic E-state index is 0.608. The second-order valence-electron chi connectivity index (χ2n) is 6.32. The molecule has 1 atom stereocenters. The van der Waals surface area contributed by atoms with E-state index in [4.69, 9.17) is 23.2 Å². The third kappa shape index (κ3) is 3.68. The number of piperazine rings is 1. The van der Waals surface area contributed by atoms with E-state index in [2.05, 4.69) is 21.4 Å². The third-order valence-electron chi connectivity index (χ3n) is 4.74. The topological polar surface area (TPSA) is 52.5 Å². The SMILES string of the molecule is C=CC(O)N1CCN(c2ncnc3cc(Cl)c(-c4ccc(Cl)s4)cc23)CC1. The molecule has 5 nitrogen and oxygen atoms in total. The monoisotopic (exact) mass is 420 g/mol. The quantitative estimate of drug-likeness (QED) is 0.637. The number of aliphatic hydroxyl groups is 1. The van der Waals surface area contributed by atoms with Crippen LogP contribution < -0.4 is 4.90 Å². The Bertz CT molecular complexity index is 985. The van der Waals surface area contributed by atoms with Crippen LogP contribution in [0.5, 0.6) is 0 Å². The van der Waals surface area contributed by atoms with E-state index in [1.165, 1.54) is 11.3 Å². The fourth-order valence-corrected chi connectivity index (χ4v) is 4.70. The van der Waals surface area contributed by atoms with Crippen molar-refractivity contribution < 1.29 is 5.11 Å². The lowest BCUT2D eigenvalue weighted by Gasteiger charge is -2.37. The highest BCUT2D eigenvalue weighted by Crippen LogP contribution is 2.39. The molecule has 1 fully saturated rings. The Balaban J connectivity index is 1.70. The van der Waals surface area contributed by atoms with Gasteiger partial charge in [-0.25, -0.2) is 9.97 Å². The highest BCUT2D eigenvalue weighted by molar-refractivity contribution is 7.19. The molecule has 3 heterocycles. The molecular weight excluding hydrogens is 403 g/mol. The van der Waals surface area contributed by atoms with Gasteiger partial charge in [-0.15, -0.1) is 11.3 Å². The van der Waals surface area contributed by atoms with Crippen LogP contribution in [-0.4, -0.2) is 52.4 Å². The van der Waals surface area contributed by atoms with E-state index in [9.17, 15) is 5.11 Å². The predicted molar refractivity (Wildman–Crippen MR) is 113 cm³/mol. The van der Waals surface area contributed by atoms with Crippen LogP contribution in [0.25, 0.3) is 21.3 Å². The first-order valence-electron chi connectivity index (χ1n) is 8.56. The Morgan fingerprint density at radius 1 is 1.15 bits per heavy atom. The Hall–Kier alpha value is -1.70. The van der Waals surface area contributed by atoms with Crippen molar-refractivity contribution in [3.63, 3.8) is 0 Å². The smallest absolute Gasteiger partial charge is 0.139 e. The van der Waals surface area contributed by atoms with Gasteiger partial charge in [0.2, 0.25) is 0 Å². The zero-order chi connectivity index (χ0) is 19.0. The molecule has 0 amide bonds. The summed E-state index contributed by atoms with van der Waals surface area (Å²) in [5, 5.41) is 11.5. The minimum atomic E-state index is -0.608. The predicted octanol–water partition coefficient (Wildman–Crippen LogP) is 4.29. The third-order valence-corrected chi connectivity index (χ3v) is 6.32. The molecule has 1 unspecified atom stereocenters. The minimum Gasteiger partial charge on any atom is -0.375 e. The van der Waals surface area contributed by atoms with E-state index in [1.807, 2.05) is 29.2 Å². The highest BCUT2D eigenvalue weighted by Gasteiger charge is 2.23. The molecule has 3 aromatic rings. The second kappa shape index (κ2) is 7.73. The Morgan fingerprint density at radius 3 is 2.59 bits per heavy atom. The van der Waals surface area contributed by atoms with E-state index < -0.39 is 6.23 Å². The zero-order valence-electron chi connectivity index (χ0n) is 14.5. The maximum absolute atomic E-state index is 9.95. The van der Waals surface area contributed by atoms with Gasteiger partial charge in [0, 0.05) is 42.0 Å². The molecule has 1 saturated heterocycles. The summed E-state index contributed by atoms with van der Waals surface area (Å²) < 4.78 is 0.725. The van der Waals surface area contributed by atoms with Crippen molar-refractivity contribution in [1.82, 2.24) is 14.9 Å². The summed E-state index contributed by atoms with van der Waals surface area (Å²) >= 11 is 14.1. The largest absolute Gasteiger partial charge is 0.375 e. The van der Waals surface area contributed by atoms with Crippen molar-refractivity contribution in [3.05, 3.63) is 52.6 Å². The van der Waals surface area contributed by atoms with Gasteiger partial charge in [0.05, 0.1) is 14.9 Å². The maximum atomic E-state index is 9.95. The lowest BCUT2D eigenvalue weighted by molar-refractivity contribution is 0.0380. The fourth-order valence-electron chi connectivity index (χ4n) is 3.31. The number of nitrogens with zero attached hydrogens (tertiary/aromatic N) is 4. The fraction of sp³-hybridized carbons (Fsp3) is 0.263. The summed E-state index contributed by atoms with van der Waals surface area (Å²) in [6.45, 7) is 6.65. The number of hydrogen-bond donors (Lipinski definition) is 1. The van der Waals surface area contributed by atoms with Crippen molar-refractivity contribution >= 4 is 51.3 Å². The highest BCUT2D eigenvalue weighted by atomic mass is 35.5. The number of rotatable bonds is 4. The lowest BCUT2D eigenvalue weighted by atomic mass is 10.1. The van der Waals surface area contributed by atoms with Crippen LogP contribution in [0, 0.1) is 0 Å². The van der Waals surface area contributed by atoms with E-state index >= 15 is 0 Å². The van der Waals surface area contributed by atoms with E-state index in [1.54, 1.807) is 12.4 Å². The van der Waals surface area contributed by atoms with Crippen LogP contribution >= 0.6 is 34.5 Å². The number of hydrogen-bond acceptors (Lipinski definition) is 6. The van der Waals surface area contributed by atoms with Gasteiger partial charge in [0.15, 0.2) is 0 Å². The molecule has 4 rings (SSSR count). The van der Waals surface area contributed by atoms with Gasteiger partial charge < -0.3 is 10.0 Å². The molecule has 27 heavy (non-hydrogen) atoms. The van der Waals surface area contributed by atoms with Crippen LogP contribution in [0.2, 0.25) is 9.36 Å². The van der Waals surface area contributed by atoms with Gasteiger partial charge in [-0.2, -0.15) is 0 Å². The van der Waals surface area contributed by atoms with Gasteiger partial charge in [-0.05, 0) is 30.3 Å². The molecule has 1 aliphatic heterocycles. The molecule has 0 bridgehead atoms. The summed E-state index contributed by atoms with van der Waals surface area (Å²) in [6, 6.07) is 7.76. The summed E-state index contributed by atoms with van der Waals surface area (Å²) in [4.78, 5) is 14.1. The number of aromatic nitrogens is 2. The number of benzene rings is 1. The van der Waals surface area contributed by atoms with Crippen LogP contribution in [0.3, 0.4) is 0 Å². The second-order valence-corrected chi connectivity index (χ2v) is 8.44. The molecule has 1 N–H and O–H groups in total. The van der Waals surface area contributed by atoms with Crippen LogP contribution in [0.4, 0.5) is 5.82 Å². The first-order valence-corrected chi connectivity index (χ1v) is 10.1. The summed E-state index contributed by atoms with van der Waals surface area (Å²) in [5.41, 5.74) is 1.74. The van der Waals surface area contributed by atoms with E-state index in [-0.39, 0.29) is 0 Å². The Morgan fingerprint density at radius 2 is 1.93 bits per heavy atom. The lowest BCUT2D eigenvalue weighted by Crippen LogP contribution is -2.50. The summed E-state index contributed by atoms with van der Waals surface area (Å²) in [5.74, 6) is 0.883. The van der Waals surface area contributed by atoms with Gasteiger partial charge >= 0.3 is 0 Å². The number of thiophene rings is 1. The molecule has 8 heteroatoms. The van der Waals surface area contributed by atoms with E-state index in [0.29, 0.717) is 5.02 Å². The first kappa shape index (κ1) is 18.7. The molecule has 0 aliphatic carbocycles. The van der Waals surface area contributed by atoms with Crippen LogP contribution in [-0.2, 0) is 0 Å². The molecule has 1 aromatic carbocycles. The average Bonchev–Trinajstić information content (AvgIpc) is 3.12. The van der Waals surface area contributed by atoms with Crippen molar-refractivity contribution in [3.8, 4) is 10.4 Å². The standard InChI is InChI=1S/C19H18Cl2N4OS/c1-2-18(26)24-5-7-25(8-6-24)19-13-9-12(16-3-4-17(21)27-16)14(20)10-15(13)22-11-23-19/h2-4,9-11,18,26H,1,5-8H2. The van der Waals surface area contributed by atoms with Gasteiger partial charge in [0.25, 0.3) is 0 Å². The van der Waals surface area contributed by atoms with Crippen LogP contribution in [0.1, 0.15) is 0 Å². The zero-order valence-corrected chi connectivity index (χ0v) is 16.8. The van der Waals surface area contributed by atoms with Crippen molar-refractivity contribution in [2.75, 3.05) is 31.1 Å². The van der Waals surface area contributed by atoms with Gasteiger partial charge in [-0.1, -0.05) is 29.8 Å². The molecule has 0 radical (unpaired) electrons. The summed E-state index contributed by atoms with van der Waals surface area (Å²) in [6.07, 6.45) is 2.51. The van der Waals surface area contributed by atoms with Gasteiger partial charge in [0.1, 0.15) is 18.4 Å². The molecule has 0 saturated carbocycles. The van der Waals surface area contributed by atoms with Crippen LogP contribution in [0.15, 0.2) is 43.2 Å². The normalized spacial score (nSPS) is 16.6. The number of anilines is 1. The number of fused-ring (bicyclic) bond motifs is 1. The number of halogens is 2.